The summed E-state index contributed by atoms with van der Waals surface area (Å²) in [5.41, 5.74) is -0.151. The fourth-order valence-electron chi connectivity index (χ4n) is 4.43. The minimum absolute atomic E-state index is 0.150. The zero-order chi connectivity index (χ0) is 21.4. The van der Waals surface area contributed by atoms with Crippen LogP contribution < -0.4 is 0 Å². The molecule has 3 aromatic carbocycles. The number of carbonyl (C=O) groups is 1. The van der Waals surface area contributed by atoms with Gasteiger partial charge < -0.3 is 4.74 Å². The molecular weight excluding hydrogens is 414 g/mol. The largest absolute Gasteiger partial charge is 0.451 e. The molecule has 1 aliphatic rings. The number of rotatable bonds is 4. The first-order valence-corrected chi connectivity index (χ1v) is 11.6. The number of benzene rings is 3. The molecule has 5 rings (SSSR count). The predicted molar refractivity (Wildman–Crippen MR) is 120 cm³/mol. The standard InChI is InChI=1S/C26H21F2O2S/c27-21-15-20(16-22(28)17-21)26(12-3-4-13-26)30-25(29)19-7-9-23(10-8-19)31-14-11-18-5-1-2-6-24(18)31/h1-2,5-11,14-17H,3-4,12-13H2/q+1. The number of halogens is 2. The van der Waals surface area contributed by atoms with Gasteiger partial charge in [-0.3, -0.25) is 0 Å². The summed E-state index contributed by atoms with van der Waals surface area (Å²) in [4.78, 5) is 14.1. The minimum Gasteiger partial charge on any atom is -0.451 e. The number of ether oxygens (including phenoxy) is 1. The number of esters is 1. The molecule has 0 saturated heterocycles. The molecule has 0 radical (unpaired) electrons. The summed E-state index contributed by atoms with van der Waals surface area (Å²) in [5, 5.41) is 3.41. The van der Waals surface area contributed by atoms with Gasteiger partial charge >= 0.3 is 5.97 Å². The Labute approximate surface area is 182 Å². The molecule has 1 atom stereocenters. The van der Waals surface area contributed by atoms with E-state index in [0.29, 0.717) is 24.0 Å². The van der Waals surface area contributed by atoms with E-state index in [1.54, 1.807) is 12.1 Å². The fraction of sp³-hybridized carbons (Fsp3) is 0.192. The Morgan fingerprint density at radius 1 is 0.871 bits per heavy atom. The van der Waals surface area contributed by atoms with Gasteiger partial charge in [-0.1, -0.05) is 12.1 Å². The summed E-state index contributed by atoms with van der Waals surface area (Å²) in [5.74, 6) is -1.79. The van der Waals surface area contributed by atoms with Crippen LogP contribution in [0.5, 0.6) is 0 Å². The Kier molecular flexibility index (Phi) is 5.06. The van der Waals surface area contributed by atoms with E-state index in [4.69, 9.17) is 4.74 Å². The van der Waals surface area contributed by atoms with E-state index in [0.717, 1.165) is 23.8 Å². The SMILES string of the molecule is O=C(OC1(c2cc(F)cc(F)c2)CCCC1)c1ccc(-[s+]2ccc3ccccc32)cc1. The van der Waals surface area contributed by atoms with Gasteiger partial charge in [0.1, 0.15) is 22.6 Å². The Balaban J connectivity index is 1.42. The molecule has 5 heteroatoms. The topological polar surface area (TPSA) is 26.3 Å². The molecule has 1 heterocycles. The summed E-state index contributed by atoms with van der Waals surface area (Å²) in [6.45, 7) is 0. The molecule has 0 bridgehead atoms. The van der Waals surface area contributed by atoms with Crippen molar-refractivity contribution >= 4 is 26.5 Å². The van der Waals surface area contributed by atoms with Crippen molar-refractivity contribution in [3.05, 3.63) is 101 Å². The van der Waals surface area contributed by atoms with Crippen molar-refractivity contribution in [3.8, 4) is 4.90 Å². The van der Waals surface area contributed by atoms with E-state index in [-0.39, 0.29) is 10.5 Å². The van der Waals surface area contributed by atoms with Crippen molar-refractivity contribution in [2.24, 2.45) is 0 Å². The molecule has 156 valence electrons. The lowest BCUT2D eigenvalue weighted by molar-refractivity contribution is -0.0186. The van der Waals surface area contributed by atoms with Crippen LogP contribution in [0.3, 0.4) is 0 Å². The van der Waals surface area contributed by atoms with Gasteiger partial charge in [0, 0.05) is 33.6 Å². The average molecular weight is 436 g/mol. The second-order valence-electron chi connectivity index (χ2n) is 7.95. The van der Waals surface area contributed by atoms with Gasteiger partial charge in [-0.25, -0.2) is 13.6 Å². The van der Waals surface area contributed by atoms with Crippen LogP contribution in [0.15, 0.2) is 78.2 Å². The first kappa shape index (κ1) is 19.9. The smallest absolute Gasteiger partial charge is 0.339 e. The van der Waals surface area contributed by atoms with Gasteiger partial charge in [0.05, 0.1) is 5.56 Å². The maximum absolute atomic E-state index is 13.8. The van der Waals surface area contributed by atoms with Crippen molar-refractivity contribution in [2.45, 2.75) is 31.3 Å². The molecule has 1 unspecified atom stereocenters. The Bertz CT molecular complexity index is 1230. The zero-order valence-electron chi connectivity index (χ0n) is 16.8. The maximum atomic E-state index is 13.8. The quantitative estimate of drug-likeness (QED) is 0.245. The minimum atomic E-state index is -0.979. The number of carbonyl (C=O) groups excluding carboxylic acids is 1. The first-order valence-electron chi connectivity index (χ1n) is 10.3. The monoisotopic (exact) mass is 435 g/mol. The Morgan fingerprint density at radius 2 is 1.55 bits per heavy atom. The van der Waals surface area contributed by atoms with Crippen molar-refractivity contribution in [3.63, 3.8) is 0 Å². The molecule has 2 nitrogen and oxygen atoms in total. The second kappa shape index (κ2) is 7.89. The molecular formula is C26H21F2O2S+. The highest BCUT2D eigenvalue weighted by Gasteiger charge is 2.40. The van der Waals surface area contributed by atoms with Crippen molar-refractivity contribution < 1.29 is 18.3 Å². The molecule has 31 heavy (non-hydrogen) atoms. The van der Waals surface area contributed by atoms with Crippen molar-refractivity contribution in [2.75, 3.05) is 0 Å². The molecule has 0 N–H and O–H groups in total. The molecule has 1 saturated carbocycles. The van der Waals surface area contributed by atoms with Gasteiger partial charge in [0.2, 0.25) is 0 Å². The highest BCUT2D eigenvalue weighted by atomic mass is 32.2. The highest BCUT2D eigenvalue weighted by molar-refractivity contribution is 7.43. The maximum Gasteiger partial charge on any atom is 0.339 e. The van der Waals surface area contributed by atoms with Crippen LogP contribution in [0.2, 0.25) is 0 Å². The normalized spacial score (nSPS) is 15.9. The van der Waals surface area contributed by atoms with Crippen LogP contribution in [-0.4, -0.2) is 5.97 Å². The second-order valence-corrected chi connectivity index (χ2v) is 9.81. The van der Waals surface area contributed by atoms with Crippen molar-refractivity contribution in [1.82, 2.24) is 0 Å². The summed E-state index contributed by atoms with van der Waals surface area (Å²) in [6, 6.07) is 21.3. The molecule has 4 aromatic rings. The Morgan fingerprint density at radius 3 is 2.26 bits per heavy atom. The summed E-state index contributed by atoms with van der Waals surface area (Å²) in [6.07, 6.45) is 2.81. The van der Waals surface area contributed by atoms with Crippen LogP contribution in [0.4, 0.5) is 8.78 Å². The van der Waals surface area contributed by atoms with Crippen LogP contribution >= 0.6 is 10.5 Å². The van der Waals surface area contributed by atoms with E-state index in [2.05, 4.69) is 23.6 Å². The summed E-state index contributed by atoms with van der Waals surface area (Å²) in [7, 11) is -0.150. The van der Waals surface area contributed by atoms with Crippen LogP contribution in [0.1, 0.15) is 41.6 Å². The highest BCUT2D eigenvalue weighted by Crippen LogP contribution is 2.44. The lowest BCUT2D eigenvalue weighted by atomic mass is 9.91. The van der Waals surface area contributed by atoms with E-state index < -0.39 is 23.2 Å². The summed E-state index contributed by atoms with van der Waals surface area (Å²) < 4.78 is 34.8. The molecule has 0 spiro atoms. The number of hydrogen-bond donors (Lipinski definition) is 0. The molecule has 1 aromatic heterocycles. The van der Waals surface area contributed by atoms with Crippen LogP contribution in [0, 0.1) is 11.6 Å². The van der Waals surface area contributed by atoms with E-state index in [1.807, 2.05) is 24.3 Å². The van der Waals surface area contributed by atoms with E-state index in [9.17, 15) is 13.6 Å². The third-order valence-electron chi connectivity index (χ3n) is 5.97. The van der Waals surface area contributed by atoms with Gasteiger partial charge in [0.15, 0.2) is 9.60 Å². The Hall–Kier alpha value is -3.05. The first-order chi connectivity index (χ1) is 15.0. The van der Waals surface area contributed by atoms with Crippen molar-refractivity contribution in [1.29, 1.82) is 0 Å². The molecule has 1 aliphatic carbocycles. The lowest BCUT2D eigenvalue weighted by Crippen LogP contribution is -2.29. The zero-order valence-corrected chi connectivity index (χ0v) is 17.6. The fourth-order valence-corrected chi connectivity index (χ4v) is 6.31. The van der Waals surface area contributed by atoms with E-state index >= 15 is 0 Å². The van der Waals surface area contributed by atoms with Gasteiger partial charge in [-0.15, -0.1) is 0 Å². The third kappa shape index (κ3) is 3.74. The third-order valence-corrected chi connectivity index (χ3v) is 8.01. The molecule has 0 amide bonds. The van der Waals surface area contributed by atoms with Crippen LogP contribution in [0.25, 0.3) is 15.0 Å². The van der Waals surface area contributed by atoms with Gasteiger partial charge in [0.25, 0.3) is 0 Å². The average Bonchev–Trinajstić information content (AvgIpc) is 3.41. The summed E-state index contributed by atoms with van der Waals surface area (Å²) >= 11 is 0. The number of fused-ring (bicyclic) bond motifs is 1. The van der Waals surface area contributed by atoms with Gasteiger partial charge in [-0.05, 0) is 74.2 Å². The molecule has 1 fully saturated rings. The van der Waals surface area contributed by atoms with Gasteiger partial charge in [-0.2, -0.15) is 0 Å². The number of hydrogen-bond acceptors (Lipinski definition) is 2. The number of thiophene rings is 1. The lowest BCUT2D eigenvalue weighted by Gasteiger charge is -2.29. The molecule has 0 aliphatic heterocycles. The van der Waals surface area contributed by atoms with E-state index in [1.165, 1.54) is 22.2 Å². The predicted octanol–water partition coefficient (Wildman–Crippen LogP) is 7.48. The van der Waals surface area contributed by atoms with Crippen LogP contribution in [-0.2, 0) is 10.3 Å².